The summed E-state index contributed by atoms with van der Waals surface area (Å²) in [5.74, 6) is 0. The Balaban J connectivity index is 1.93. The van der Waals surface area contributed by atoms with Crippen LogP contribution < -0.4 is 5.32 Å². The zero-order valence-corrected chi connectivity index (χ0v) is 12.1. The highest BCUT2D eigenvalue weighted by Gasteiger charge is 2.39. The molecule has 106 valence electrons. The first kappa shape index (κ1) is 14.3. The standard InChI is InChI=1S/C14H28N2O2/c1-4-5-13-9-16(12(2)8-15-13)10-14(17-3)6-7-18-11-14/h12-13,15H,4-11H2,1-3H3. The second kappa shape index (κ2) is 6.33. The Bertz CT molecular complexity index is 254. The average molecular weight is 256 g/mol. The van der Waals surface area contributed by atoms with Crippen LogP contribution in [0.4, 0.5) is 0 Å². The number of hydrogen-bond donors (Lipinski definition) is 1. The van der Waals surface area contributed by atoms with Gasteiger partial charge in [0.15, 0.2) is 0 Å². The molecule has 3 unspecified atom stereocenters. The molecule has 0 amide bonds. The summed E-state index contributed by atoms with van der Waals surface area (Å²) in [5.41, 5.74) is -0.0671. The molecule has 0 spiro atoms. The van der Waals surface area contributed by atoms with Crippen LogP contribution in [0.1, 0.15) is 33.1 Å². The van der Waals surface area contributed by atoms with Crippen LogP contribution in [-0.2, 0) is 9.47 Å². The molecule has 1 N–H and O–H groups in total. The summed E-state index contributed by atoms with van der Waals surface area (Å²) in [5, 5.41) is 3.64. The van der Waals surface area contributed by atoms with E-state index in [2.05, 4.69) is 24.1 Å². The highest BCUT2D eigenvalue weighted by Crippen LogP contribution is 2.25. The van der Waals surface area contributed by atoms with Gasteiger partial charge in [0, 0.05) is 51.9 Å². The van der Waals surface area contributed by atoms with Gasteiger partial charge in [-0.15, -0.1) is 0 Å². The van der Waals surface area contributed by atoms with Crippen LogP contribution in [-0.4, -0.2) is 62.5 Å². The monoisotopic (exact) mass is 256 g/mol. The molecule has 3 atom stereocenters. The van der Waals surface area contributed by atoms with Gasteiger partial charge in [0.25, 0.3) is 0 Å². The maximum atomic E-state index is 5.76. The van der Waals surface area contributed by atoms with E-state index in [9.17, 15) is 0 Å². The van der Waals surface area contributed by atoms with Crippen molar-refractivity contribution in [2.45, 2.75) is 50.8 Å². The number of nitrogens with zero attached hydrogens (tertiary/aromatic N) is 1. The van der Waals surface area contributed by atoms with E-state index in [1.165, 1.54) is 12.8 Å². The van der Waals surface area contributed by atoms with Crippen molar-refractivity contribution in [3.05, 3.63) is 0 Å². The Morgan fingerprint density at radius 2 is 2.33 bits per heavy atom. The van der Waals surface area contributed by atoms with E-state index in [0.29, 0.717) is 12.1 Å². The first-order chi connectivity index (χ1) is 8.69. The molecule has 4 nitrogen and oxygen atoms in total. The fourth-order valence-electron chi connectivity index (χ4n) is 3.06. The van der Waals surface area contributed by atoms with E-state index in [4.69, 9.17) is 9.47 Å². The maximum Gasteiger partial charge on any atom is 0.106 e. The minimum Gasteiger partial charge on any atom is -0.378 e. The van der Waals surface area contributed by atoms with Crippen molar-refractivity contribution in [2.75, 3.05) is 40.0 Å². The van der Waals surface area contributed by atoms with Crippen molar-refractivity contribution in [1.82, 2.24) is 10.2 Å². The molecule has 2 aliphatic heterocycles. The summed E-state index contributed by atoms with van der Waals surface area (Å²) in [6, 6.07) is 1.23. The van der Waals surface area contributed by atoms with E-state index < -0.39 is 0 Å². The Morgan fingerprint density at radius 1 is 1.50 bits per heavy atom. The summed E-state index contributed by atoms with van der Waals surface area (Å²) in [4.78, 5) is 2.58. The molecular weight excluding hydrogens is 228 g/mol. The van der Waals surface area contributed by atoms with Crippen LogP contribution in [0.5, 0.6) is 0 Å². The summed E-state index contributed by atoms with van der Waals surface area (Å²) >= 11 is 0. The predicted octanol–water partition coefficient (Wildman–Crippen LogP) is 1.25. The van der Waals surface area contributed by atoms with Crippen molar-refractivity contribution in [2.24, 2.45) is 0 Å². The van der Waals surface area contributed by atoms with Crippen LogP contribution in [0, 0.1) is 0 Å². The Hall–Kier alpha value is -0.160. The van der Waals surface area contributed by atoms with Crippen molar-refractivity contribution >= 4 is 0 Å². The molecule has 0 aliphatic carbocycles. The lowest BCUT2D eigenvalue weighted by atomic mass is 9.98. The summed E-state index contributed by atoms with van der Waals surface area (Å²) in [7, 11) is 1.82. The number of ether oxygens (including phenoxy) is 2. The topological polar surface area (TPSA) is 33.7 Å². The van der Waals surface area contributed by atoms with Crippen molar-refractivity contribution in [1.29, 1.82) is 0 Å². The van der Waals surface area contributed by atoms with Gasteiger partial charge in [0.05, 0.1) is 6.61 Å². The first-order valence-electron chi connectivity index (χ1n) is 7.29. The zero-order valence-electron chi connectivity index (χ0n) is 12.1. The minimum atomic E-state index is -0.0671. The Morgan fingerprint density at radius 3 is 2.94 bits per heavy atom. The fourth-order valence-corrected chi connectivity index (χ4v) is 3.06. The number of nitrogens with one attached hydrogen (secondary N) is 1. The highest BCUT2D eigenvalue weighted by molar-refractivity contribution is 4.93. The lowest BCUT2D eigenvalue weighted by Gasteiger charge is -2.42. The Kier molecular flexibility index (Phi) is 5.01. The first-order valence-corrected chi connectivity index (χ1v) is 7.29. The molecular formula is C14H28N2O2. The molecule has 0 radical (unpaired) electrons. The van der Waals surface area contributed by atoms with Gasteiger partial charge < -0.3 is 14.8 Å². The van der Waals surface area contributed by atoms with Gasteiger partial charge in [0.2, 0.25) is 0 Å². The number of rotatable bonds is 5. The Labute approximate surface area is 111 Å². The normalized spacial score (nSPS) is 38.2. The van der Waals surface area contributed by atoms with Crippen LogP contribution in [0.15, 0.2) is 0 Å². The molecule has 2 saturated heterocycles. The van der Waals surface area contributed by atoms with E-state index in [0.717, 1.165) is 39.3 Å². The van der Waals surface area contributed by atoms with Crippen LogP contribution in [0.2, 0.25) is 0 Å². The van der Waals surface area contributed by atoms with Gasteiger partial charge in [-0.1, -0.05) is 13.3 Å². The summed E-state index contributed by atoms with van der Waals surface area (Å²) < 4.78 is 11.3. The smallest absolute Gasteiger partial charge is 0.106 e. The zero-order chi connectivity index (χ0) is 13.0. The molecule has 0 bridgehead atoms. The van der Waals surface area contributed by atoms with Gasteiger partial charge in [-0.3, -0.25) is 4.90 Å². The van der Waals surface area contributed by atoms with Gasteiger partial charge in [-0.05, 0) is 13.3 Å². The summed E-state index contributed by atoms with van der Waals surface area (Å²) in [6.45, 7) is 9.38. The van der Waals surface area contributed by atoms with E-state index in [-0.39, 0.29) is 5.60 Å². The molecule has 0 aromatic carbocycles. The van der Waals surface area contributed by atoms with Crippen molar-refractivity contribution in [3.63, 3.8) is 0 Å². The largest absolute Gasteiger partial charge is 0.378 e. The van der Waals surface area contributed by atoms with Gasteiger partial charge >= 0.3 is 0 Å². The van der Waals surface area contributed by atoms with Crippen LogP contribution in [0.25, 0.3) is 0 Å². The van der Waals surface area contributed by atoms with Gasteiger partial charge in [0.1, 0.15) is 5.60 Å². The number of methoxy groups -OCH3 is 1. The number of piperazine rings is 1. The third kappa shape index (κ3) is 3.23. The fraction of sp³-hybridized carbons (Fsp3) is 1.00. The molecule has 2 heterocycles. The molecule has 2 fully saturated rings. The summed E-state index contributed by atoms with van der Waals surface area (Å²) in [6.07, 6.45) is 3.54. The van der Waals surface area contributed by atoms with Gasteiger partial charge in [-0.2, -0.15) is 0 Å². The molecule has 18 heavy (non-hydrogen) atoms. The quantitative estimate of drug-likeness (QED) is 0.803. The van der Waals surface area contributed by atoms with E-state index in [1.807, 2.05) is 7.11 Å². The second-order valence-electron chi connectivity index (χ2n) is 5.86. The lowest BCUT2D eigenvalue weighted by Crippen LogP contribution is -2.59. The highest BCUT2D eigenvalue weighted by atomic mass is 16.5. The molecule has 0 aromatic heterocycles. The van der Waals surface area contributed by atoms with Crippen LogP contribution >= 0.6 is 0 Å². The number of hydrogen-bond acceptors (Lipinski definition) is 4. The van der Waals surface area contributed by atoms with Crippen molar-refractivity contribution in [3.8, 4) is 0 Å². The minimum absolute atomic E-state index is 0.0671. The molecule has 0 aromatic rings. The average Bonchev–Trinajstić information content (AvgIpc) is 2.83. The molecule has 2 aliphatic rings. The predicted molar refractivity (Wildman–Crippen MR) is 72.9 cm³/mol. The third-order valence-electron chi connectivity index (χ3n) is 4.41. The molecule has 2 rings (SSSR count). The van der Waals surface area contributed by atoms with Gasteiger partial charge in [-0.25, -0.2) is 0 Å². The maximum absolute atomic E-state index is 5.76. The third-order valence-corrected chi connectivity index (χ3v) is 4.41. The van der Waals surface area contributed by atoms with Crippen LogP contribution in [0.3, 0.4) is 0 Å². The lowest BCUT2D eigenvalue weighted by molar-refractivity contribution is -0.0536. The SMILES string of the molecule is CCCC1CN(CC2(OC)CCOC2)C(C)CN1. The molecule has 0 saturated carbocycles. The van der Waals surface area contributed by atoms with Crippen molar-refractivity contribution < 1.29 is 9.47 Å². The van der Waals surface area contributed by atoms with E-state index >= 15 is 0 Å². The second-order valence-corrected chi connectivity index (χ2v) is 5.86. The molecule has 4 heteroatoms. The van der Waals surface area contributed by atoms with E-state index in [1.54, 1.807) is 0 Å².